The highest BCUT2D eigenvalue weighted by molar-refractivity contribution is 7.15. The summed E-state index contributed by atoms with van der Waals surface area (Å²) in [6.07, 6.45) is 0.788. The van der Waals surface area contributed by atoms with Gasteiger partial charge in [-0.05, 0) is 11.6 Å². The van der Waals surface area contributed by atoms with E-state index in [0.29, 0.717) is 17.6 Å². The molecule has 22 heavy (non-hydrogen) atoms. The van der Waals surface area contributed by atoms with Crippen LogP contribution in [0.2, 0.25) is 0 Å². The molecule has 2 amide bonds. The van der Waals surface area contributed by atoms with Crippen LogP contribution in [0.25, 0.3) is 0 Å². The lowest BCUT2D eigenvalue weighted by Gasteiger charge is -2.11. The maximum Gasteiger partial charge on any atom is 0.321 e. The fourth-order valence-corrected chi connectivity index (χ4v) is 2.97. The summed E-state index contributed by atoms with van der Waals surface area (Å²) in [5.74, 6) is 1.21. The third-order valence-corrected chi connectivity index (χ3v) is 4.50. The van der Waals surface area contributed by atoms with Crippen molar-refractivity contribution in [2.45, 2.75) is 32.3 Å². The van der Waals surface area contributed by atoms with Crippen molar-refractivity contribution in [1.82, 2.24) is 15.5 Å². The molecule has 2 heterocycles. The molecule has 6 nitrogen and oxygen atoms in total. The predicted octanol–water partition coefficient (Wildman–Crippen LogP) is 2.79. The minimum Gasteiger partial charge on any atom is -0.488 e. The molecule has 0 radical (unpaired) electrons. The fourth-order valence-electron chi connectivity index (χ4n) is 2.23. The molecule has 0 spiro atoms. The average molecular weight is 318 g/mol. The second-order valence-electron chi connectivity index (χ2n) is 5.49. The standard InChI is InChI=1S/C15H18N4O2S/c1-9(2)13-18-19-15(22-13)17-14(20)16-8-11-7-10-5-3-4-6-12(10)21-11/h3-6,9,11H,7-8H2,1-2H3,(H2,16,17,19,20)/t11-/m0/s1. The molecular formula is C15H18N4O2S. The van der Waals surface area contributed by atoms with Crippen LogP contribution in [0, 0.1) is 0 Å². The van der Waals surface area contributed by atoms with Gasteiger partial charge in [0.1, 0.15) is 16.9 Å². The Kier molecular flexibility index (Phi) is 4.24. The summed E-state index contributed by atoms with van der Waals surface area (Å²) in [5.41, 5.74) is 1.18. The van der Waals surface area contributed by atoms with Crippen molar-refractivity contribution in [2.24, 2.45) is 0 Å². The molecule has 1 aliphatic rings. The number of aromatic nitrogens is 2. The second kappa shape index (κ2) is 6.31. The Balaban J connectivity index is 1.47. The SMILES string of the molecule is CC(C)c1nnc(NC(=O)NC[C@@H]2Cc3ccccc3O2)s1. The van der Waals surface area contributed by atoms with E-state index in [1.165, 1.54) is 16.9 Å². The number of carbonyl (C=O) groups is 1. The number of fused-ring (bicyclic) bond motifs is 1. The summed E-state index contributed by atoms with van der Waals surface area (Å²) in [7, 11) is 0. The summed E-state index contributed by atoms with van der Waals surface area (Å²) in [6.45, 7) is 4.54. The van der Waals surface area contributed by atoms with Gasteiger partial charge in [-0.25, -0.2) is 4.79 Å². The summed E-state index contributed by atoms with van der Waals surface area (Å²) < 4.78 is 5.78. The molecule has 2 N–H and O–H groups in total. The number of amides is 2. The van der Waals surface area contributed by atoms with Gasteiger partial charge < -0.3 is 10.1 Å². The first-order valence-electron chi connectivity index (χ1n) is 7.24. The van der Waals surface area contributed by atoms with E-state index in [-0.39, 0.29) is 12.1 Å². The predicted molar refractivity (Wildman–Crippen MR) is 85.6 cm³/mol. The van der Waals surface area contributed by atoms with Crippen LogP contribution in [-0.2, 0) is 6.42 Å². The Morgan fingerprint density at radius 3 is 2.95 bits per heavy atom. The largest absolute Gasteiger partial charge is 0.488 e. The van der Waals surface area contributed by atoms with E-state index in [1.54, 1.807) is 0 Å². The molecule has 1 aromatic heterocycles. The minimum atomic E-state index is -0.286. The Morgan fingerprint density at radius 2 is 2.23 bits per heavy atom. The molecule has 0 saturated heterocycles. The van der Waals surface area contributed by atoms with Gasteiger partial charge in [0.15, 0.2) is 0 Å². The maximum absolute atomic E-state index is 11.9. The van der Waals surface area contributed by atoms with Crippen LogP contribution in [0.5, 0.6) is 5.75 Å². The summed E-state index contributed by atoms with van der Waals surface area (Å²) in [6, 6.07) is 7.65. The molecule has 0 bridgehead atoms. The van der Waals surface area contributed by atoms with Crippen molar-refractivity contribution in [2.75, 3.05) is 11.9 Å². The molecule has 2 aromatic rings. The van der Waals surface area contributed by atoms with Gasteiger partial charge >= 0.3 is 6.03 Å². The first-order chi connectivity index (χ1) is 10.6. The fraction of sp³-hybridized carbons (Fsp3) is 0.400. The van der Waals surface area contributed by atoms with Crippen molar-refractivity contribution in [1.29, 1.82) is 0 Å². The number of hydrogen-bond acceptors (Lipinski definition) is 5. The molecule has 3 rings (SSSR count). The Hall–Kier alpha value is -2.15. The monoisotopic (exact) mass is 318 g/mol. The van der Waals surface area contributed by atoms with E-state index < -0.39 is 0 Å². The highest BCUT2D eigenvalue weighted by atomic mass is 32.1. The molecule has 7 heteroatoms. The minimum absolute atomic E-state index is 0.0243. The number of para-hydroxylation sites is 1. The van der Waals surface area contributed by atoms with Crippen LogP contribution in [0.3, 0.4) is 0 Å². The van der Waals surface area contributed by atoms with Gasteiger partial charge in [0.2, 0.25) is 5.13 Å². The molecule has 0 fully saturated rings. The zero-order valence-electron chi connectivity index (χ0n) is 12.5. The smallest absolute Gasteiger partial charge is 0.321 e. The number of carbonyl (C=O) groups excluding carboxylic acids is 1. The van der Waals surface area contributed by atoms with E-state index in [9.17, 15) is 4.79 Å². The van der Waals surface area contributed by atoms with E-state index in [0.717, 1.165) is 17.2 Å². The van der Waals surface area contributed by atoms with Crippen molar-refractivity contribution in [3.05, 3.63) is 34.8 Å². The van der Waals surface area contributed by atoms with Gasteiger partial charge in [-0.15, -0.1) is 10.2 Å². The van der Waals surface area contributed by atoms with Crippen LogP contribution in [-0.4, -0.2) is 28.9 Å². The lowest BCUT2D eigenvalue weighted by atomic mass is 10.1. The van der Waals surface area contributed by atoms with E-state index >= 15 is 0 Å². The first kappa shape index (κ1) is 14.8. The van der Waals surface area contributed by atoms with Gasteiger partial charge in [-0.2, -0.15) is 0 Å². The van der Waals surface area contributed by atoms with Crippen molar-refractivity contribution in [3.8, 4) is 5.75 Å². The van der Waals surface area contributed by atoms with Gasteiger partial charge in [0, 0.05) is 12.3 Å². The number of rotatable bonds is 4. The molecule has 1 aromatic carbocycles. The number of benzene rings is 1. The van der Waals surface area contributed by atoms with Crippen molar-refractivity contribution in [3.63, 3.8) is 0 Å². The van der Waals surface area contributed by atoms with Crippen molar-refractivity contribution < 1.29 is 9.53 Å². The van der Waals surface area contributed by atoms with Crippen LogP contribution >= 0.6 is 11.3 Å². The highest BCUT2D eigenvalue weighted by Crippen LogP contribution is 2.27. The maximum atomic E-state index is 11.9. The normalized spacial score (nSPS) is 16.2. The highest BCUT2D eigenvalue weighted by Gasteiger charge is 2.22. The number of hydrogen-bond donors (Lipinski definition) is 2. The molecular weight excluding hydrogens is 300 g/mol. The summed E-state index contributed by atoms with van der Waals surface area (Å²) in [5, 5.41) is 14.9. The van der Waals surface area contributed by atoms with Crippen LogP contribution in [0.1, 0.15) is 30.3 Å². The van der Waals surface area contributed by atoms with Gasteiger partial charge in [0.25, 0.3) is 0 Å². The van der Waals surface area contributed by atoms with Crippen LogP contribution in [0.4, 0.5) is 9.93 Å². The third-order valence-electron chi connectivity index (χ3n) is 3.36. The number of nitrogens with zero attached hydrogens (tertiary/aromatic N) is 2. The summed E-state index contributed by atoms with van der Waals surface area (Å²) in [4.78, 5) is 11.9. The molecule has 0 saturated carbocycles. The lowest BCUT2D eigenvalue weighted by Crippen LogP contribution is -2.37. The molecule has 0 aliphatic carbocycles. The van der Waals surface area contributed by atoms with Gasteiger partial charge in [-0.3, -0.25) is 5.32 Å². The van der Waals surface area contributed by atoms with Crippen LogP contribution < -0.4 is 15.4 Å². The van der Waals surface area contributed by atoms with Crippen LogP contribution in [0.15, 0.2) is 24.3 Å². The van der Waals surface area contributed by atoms with Gasteiger partial charge in [-0.1, -0.05) is 43.4 Å². The summed E-state index contributed by atoms with van der Waals surface area (Å²) >= 11 is 1.39. The first-order valence-corrected chi connectivity index (χ1v) is 8.06. The lowest BCUT2D eigenvalue weighted by molar-refractivity contribution is 0.219. The van der Waals surface area contributed by atoms with E-state index in [4.69, 9.17) is 4.74 Å². The number of anilines is 1. The number of ether oxygens (including phenoxy) is 1. The number of urea groups is 1. The van der Waals surface area contributed by atoms with Gasteiger partial charge in [0.05, 0.1) is 6.54 Å². The Bertz CT molecular complexity index is 646. The zero-order valence-corrected chi connectivity index (χ0v) is 13.3. The molecule has 0 unspecified atom stereocenters. The second-order valence-corrected chi connectivity index (χ2v) is 6.50. The Morgan fingerprint density at radius 1 is 1.41 bits per heavy atom. The van der Waals surface area contributed by atoms with E-state index in [2.05, 4.69) is 20.8 Å². The Labute approximate surface area is 132 Å². The third kappa shape index (κ3) is 3.36. The topological polar surface area (TPSA) is 76.1 Å². The molecule has 116 valence electrons. The quantitative estimate of drug-likeness (QED) is 0.909. The van der Waals surface area contributed by atoms with E-state index in [1.807, 2.05) is 38.1 Å². The average Bonchev–Trinajstić information content (AvgIpc) is 3.11. The van der Waals surface area contributed by atoms with Crippen molar-refractivity contribution >= 4 is 22.5 Å². The molecule has 1 aliphatic heterocycles. The zero-order chi connectivity index (χ0) is 15.5. The molecule has 1 atom stereocenters. The number of nitrogens with one attached hydrogen (secondary N) is 2.